The third kappa shape index (κ3) is 4.11. The van der Waals surface area contributed by atoms with Crippen LogP contribution in [-0.4, -0.2) is 28.1 Å². The van der Waals surface area contributed by atoms with Gasteiger partial charge >= 0.3 is 11.9 Å². The number of benzene rings is 1. The van der Waals surface area contributed by atoms with Crippen LogP contribution in [0.5, 0.6) is 0 Å². The first-order chi connectivity index (χ1) is 8.81. The number of rotatable bonds is 4. The Morgan fingerprint density at radius 1 is 1.26 bits per heavy atom. The van der Waals surface area contributed by atoms with Gasteiger partial charge in [-0.25, -0.2) is 9.59 Å². The zero-order valence-corrected chi connectivity index (χ0v) is 10.6. The second-order valence-electron chi connectivity index (χ2n) is 3.62. The molecule has 0 aliphatic carbocycles. The van der Waals surface area contributed by atoms with E-state index in [-0.39, 0.29) is 21.8 Å². The number of hydrogen-bond donors (Lipinski definition) is 3. The summed E-state index contributed by atoms with van der Waals surface area (Å²) in [5.74, 6) is -3.10. The molecule has 6 nitrogen and oxygen atoms in total. The highest BCUT2D eigenvalue weighted by molar-refractivity contribution is 6.33. The third-order valence-electron chi connectivity index (χ3n) is 2.15. The summed E-state index contributed by atoms with van der Waals surface area (Å²) in [5.41, 5.74) is 0.0450. The number of anilines is 1. The van der Waals surface area contributed by atoms with Gasteiger partial charge in [0.2, 0.25) is 0 Å². The Morgan fingerprint density at radius 3 is 2.42 bits per heavy atom. The van der Waals surface area contributed by atoms with Crippen molar-refractivity contribution in [2.75, 3.05) is 5.32 Å². The standard InChI is InChI=1S/C12H10ClNO5/c1-6(4-10(15)16)11(17)14-7-2-3-9(13)8(5-7)12(18)19/h2-5H,1H3,(H,14,17)(H,15,16)(H,18,19)/b6-4-. The number of carboxylic acid groups (broad SMARTS) is 2. The fourth-order valence-corrected chi connectivity index (χ4v) is 1.45. The van der Waals surface area contributed by atoms with Crippen LogP contribution in [-0.2, 0) is 9.59 Å². The van der Waals surface area contributed by atoms with E-state index < -0.39 is 17.8 Å². The van der Waals surface area contributed by atoms with Gasteiger partial charge in [0.05, 0.1) is 10.6 Å². The molecule has 0 atom stereocenters. The van der Waals surface area contributed by atoms with E-state index in [4.69, 9.17) is 21.8 Å². The summed E-state index contributed by atoms with van der Waals surface area (Å²) in [7, 11) is 0. The lowest BCUT2D eigenvalue weighted by Crippen LogP contribution is -2.14. The molecule has 100 valence electrons. The number of nitrogens with one attached hydrogen (secondary N) is 1. The van der Waals surface area contributed by atoms with E-state index in [9.17, 15) is 14.4 Å². The maximum atomic E-state index is 11.6. The Morgan fingerprint density at radius 2 is 1.89 bits per heavy atom. The summed E-state index contributed by atoms with van der Waals surface area (Å²) in [6.07, 6.45) is 0.753. The summed E-state index contributed by atoms with van der Waals surface area (Å²) in [5, 5.41) is 19.8. The van der Waals surface area contributed by atoms with Crippen molar-refractivity contribution < 1.29 is 24.6 Å². The highest BCUT2D eigenvalue weighted by Crippen LogP contribution is 2.20. The van der Waals surface area contributed by atoms with E-state index in [1.807, 2.05) is 0 Å². The van der Waals surface area contributed by atoms with Gasteiger partial charge in [-0.3, -0.25) is 4.79 Å². The molecule has 0 heterocycles. The van der Waals surface area contributed by atoms with Gasteiger partial charge in [-0.1, -0.05) is 11.6 Å². The lowest BCUT2D eigenvalue weighted by molar-refractivity contribution is -0.131. The third-order valence-corrected chi connectivity index (χ3v) is 2.48. The Balaban J connectivity index is 2.95. The number of halogens is 1. The van der Waals surface area contributed by atoms with Crippen molar-refractivity contribution in [3.63, 3.8) is 0 Å². The van der Waals surface area contributed by atoms with Crippen LogP contribution in [0.2, 0.25) is 5.02 Å². The largest absolute Gasteiger partial charge is 0.478 e. The number of amides is 1. The maximum Gasteiger partial charge on any atom is 0.337 e. The molecule has 0 unspecified atom stereocenters. The summed E-state index contributed by atoms with van der Waals surface area (Å²) in [6, 6.07) is 3.94. The minimum Gasteiger partial charge on any atom is -0.478 e. The van der Waals surface area contributed by atoms with E-state index >= 15 is 0 Å². The highest BCUT2D eigenvalue weighted by atomic mass is 35.5. The molecular formula is C12H10ClNO5. The second-order valence-corrected chi connectivity index (χ2v) is 4.03. The zero-order chi connectivity index (χ0) is 14.6. The van der Waals surface area contributed by atoms with Gasteiger partial charge in [0.25, 0.3) is 5.91 Å². The topological polar surface area (TPSA) is 104 Å². The van der Waals surface area contributed by atoms with Crippen LogP contribution in [0.3, 0.4) is 0 Å². The van der Waals surface area contributed by atoms with Crippen LogP contribution in [0, 0.1) is 0 Å². The number of carbonyl (C=O) groups excluding carboxylic acids is 1. The lowest BCUT2D eigenvalue weighted by atomic mass is 10.2. The van der Waals surface area contributed by atoms with E-state index in [0.717, 1.165) is 6.08 Å². The smallest absolute Gasteiger partial charge is 0.337 e. The molecule has 1 aromatic rings. The summed E-state index contributed by atoms with van der Waals surface area (Å²) in [6.45, 7) is 1.33. The van der Waals surface area contributed by atoms with Crippen LogP contribution in [0.1, 0.15) is 17.3 Å². The molecule has 7 heteroatoms. The molecule has 0 saturated carbocycles. The molecule has 0 spiro atoms. The van der Waals surface area contributed by atoms with Crippen molar-refractivity contribution in [1.29, 1.82) is 0 Å². The Labute approximate surface area is 113 Å². The Bertz CT molecular complexity index is 579. The predicted octanol–water partition coefficient (Wildman–Crippen LogP) is 2.01. The number of aliphatic carboxylic acids is 1. The van der Waals surface area contributed by atoms with Gasteiger partial charge in [-0.05, 0) is 25.1 Å². The SMILES string of the molecule is C/C(=C/C(=O)O)C(=O)Nc1ccc(Cl)c(C(=O)O)c1. The van der Waals surface area contributed by atoms with Gasteiger partial charge in [-0.15, -0.1) is 0 Å². The van der Waals surface area contributed by atoms with Crippen molar-refractivity contribution in [2.45, 2.75) is 6.92 Å². The average Bonchev–Trinajstić information content (AvgIpc) is 2.30. The summed E-state index contributed by atoms with van der Waals surface area (Å²) >= 11 is 5.68. The molecular weight excluding hydrogens is 274 g/mol. The number of aromatic carboxylic acids is 1. The molecule has 1 amide bonds. The van der Waals surface area contributed by atoms with Crippen LogP contribution in [0.15, 0.2) is 29.8 Å². The molecule has 3 N–H and O–H groups in total. The first kappa shape index (κ1) is 14.7. The first-order valence-corrected chi connectivity index (χ1v) is 5.44. The molecule has 0 saturated heterocycles. The van der Waals surface area contributed by atoms with Gasteiger partial charge < -0.3 is 15.5 Å². The Kier molecular flexibility index (Phi) is 4.66. The number of hydrogen-bond acceptors (Lipinski definition) is 3. The molecule has 0 aliphatic heterocycles. The number of carbonyl (C=O) groups is 3. The summed E-state index contributed by atoms with van der Waals surface area (Å²) in [4.78, 5) is 32.8. The fourth-order valence-electron chi connectivity index (χ4n) is 1.25. The van der Waals surface area contributed by atoms with E-state index in [0.29, 0.717) is 0 Å². The van der Waals surface area contributed by atoms with Crippen molar-refractivity contribution in [3.8, 4) is 0 Å². The first-order valence-electron chi connectivity index (χ1n) is 5.06. The summed E-state index contributed by atoms with van der Waals surface area (Å²) < 4.78 is 0. The molecule has 0 aliphatic rings. The van der Waals surface area contributed by atoms with Crippen molar-refractivity contribution in [1.82, 2.24) is 0 Å². The number of carboxylic acids is 2. The minimum atomic E-state index is -1.24. The second kappa shape index (κ2) is 6.01. The van der Waals surface area contributed by atoms with Crippen LogP contribution in [0.4, 0.5) is 5.69 Å². The monoisotopic (exact) mass is 283 g/mol. The molecule has 1 rings (SSSR count). The van der Waals surface area contributed by atoms with Crippen molar-refractivity contribution in [3.05, 3.63) is 40.4 Å². The van der Waals surface area contributed by atoms with E-state index in [1.165, 1.54) is 25.1 Å². The van der Waals surface area contributed by atoms with Crippen LogP contribution in [0.25, 0.3) is 0 Å². The normalized spacial score (nSPS) is 10.9. The zero-order valence-electron chi connectivity index (χ0n) is 9.81. The van der Waals surface area contributed by atoms with Crippen LogP contribution >= 0.6 is 11.6 Å². The van der Waals surface area contributed by atoms with Crippen molar-refractivity contribution in [2.24, 2.45) is 0 Å². The van der Waals surface area contributed by atoms with Gasteiger partial charge in [0.15, 0.2) is 0 Å². The highest BCUT2D eigenvalue weighted by Gasteiger charge is 2.12. The molecule has 0 bridgehead atoms. The molecule has 0 fully saturated rings. The fraction of sp³-hybridized carbons (Fsp3) is 0.0833. The van der Waals surface area contributed by atoms with Crippen LogP contribution < -0.4 is 5.32 Å². The lowest BCUT2D eigenvalue weighted by Gasteiger charge is -2.07. The maximum absolute atomic E-state index is 11.6. The average molecular weight is 284 g/mol. The van der Waals surface area contributed by atoms with Gasteiger partial charge in [-0.2, -0.15) is 0 Å². The minimum absolute atomic E-state index is 0.0145. The van der Waals surface area contributed by atoms with E-state index in [2.05, 4.69) is 5.32 Å². The molecule has 1 aromatic carbocycles. The van der Waals surface area contributed by atoms with Crippen molar-refractivity contribution >= 4 is 35.1 Å². The van der Waals surface area contributed by atoms with E-state index in [1.54, 1.807) is 0 Å². The predicted molar refractivity (Wildman–Crippen MR) is 68.4 cm³/mol. The molecule has 19 heavy (non-hydrogen) atoms. The molecule has 0 aromatic heterocycles. The molecule has 0 radical (unpaired) electrons. The van der Waals surface area contributed by atoms with Gasteiger partial charge in [0, 0.05) is 17.3 Å². The Hall–Kier alpha value is -2.34. The van der Waals surface area contributed by atoms with Gasteiger partial charge in [0.1, 0.15) is 0 Å². The quantitative estimate of drug-likeness (QED) is 0.733.